The third-order valence-corrected chi connectivity index (χ3v) is 13.9. The maximum Gasteiger partial charge on any atom is 0.238 e. The number of nitrogens with zero attached hydrogens (tertiary/aromatic N) is 4. The van der Waals surface area contributed by atoms with Gasteiger partial charge in [0.2, 0.25) is 5.95 Å². The Labute approximate surface area is 406 Å². The normalized spacial score (nSPS) is 11.2. The second-order valence-corrected chi connectivity index (χ2v) is 18.1. The fraction of sp³-hybridized carbons (Fsp3) is 0.0469. The molecule has 0 aliphatic carbocycles. The van der Waals surface area contributed by atoms with Crippen LogP contribution in [0.1, 0.15) is 20.3 Å². The molecule has 0 saturated carbocycles. The van der Waals surface area contributed by atoms with Crippen molar-refractivity contribution in [3.8, 4) is 62.1 Å². The van der Waals surface area contributed by atoms with Crippen LogP contribution in [0.3, 0.4) is 0 Å². The summed E-state index contributed by atoms with van der Waals surface area (Å²) in [6.45, 7) is 10.2. The van der Waals surface area contributed by atoms with Gasteiger partial charge in [0.05, 0.1) is 11.0 Å². The molecule has 69 heavy (non-hydrogen) atoms. The van der Waals surface area contributed by atoms with E-state index in [-0.39, 0.29) is 0 Å². The van der Waals surface area contributed by atoms with Crippen molar-refractivity contribution in [3.63, 3.8) is 0 Å². The molecule has 10 aromatic carbocycles. The molecule has 330 valence electrons. The number of aromatic nitrogens is 4. The molecule has 4 nitrogen and oxygen atoms in total. The molecule has 3 heterocycles. The van der Waals surface area contributed by atoms with Crippen LogP contribution in [0.2, 0.25) is 0 Å². The monoisotopic (exact) mass is 904 g/mol. The van der Waals surface area contributed by atoms with E-state index in [9.17, 15) is 0 Å². The Bertz CT molecular complexity index is 3860. The van der Waals surface area contributed by atoms with Crippen molar-refractivity contribution in [2.75, 3.05) is 0 Å². The molecule has 13 aromatic rings. The number of hydrogen-bond acceptors (Lipinski definition) is 4. The average Bonchev–Trinajstić information content (AvgIpc) is 3.99. The van der Waals surface area contributed by atoms with Crippen LogP contribution in [-0.4, -0.2) is 19.5 Å². The molecule has 0 fully saturated rings. The highest BCUT2D eigenvalue weighted by atomic mass is 32.1. The lowest BCUT2D eigenvalue weighted by molar-refractivity contribution is 0.955. The summed E-state index contributed by atoms with van der Waals surface area (Å²) >= 11 is 1.87. The van der Waals surface area contributed by atoms with Gasteiger partial charge >= 0.3 is 0 Å². The molecule has 0 atom stereocenters. The molecule has 3 aromatic heterocycles. The second-order valence-electron chi connectivity index (χ2n) is 17.0. The molecule has 0 bridgehead atoms. The van der Waals surface area contributed by atoms with E-state index >= 15 is 0 Å². The predicted molar refractivity (Wildman–Crippen MR) is 296 cm³/mol. The summed E-state index contributed by atoms with van der Waals surface area (Å²) in [7, 11) is 0. The van der Waals surface area contributed by atoms with Gasteiger partial charge in [0, 0.05) is 58.6 Å². The van der Waals surface area contributed by atoms with Crippen molar-refractivity contribution in [2.24, 2.45) is 0 Å². The van der Waals surface area contributed by atoms with Crippen LogP contribution < -0.4 is 0 Å². The Hall–Kier alpha value is -8.51. The standard InChI is InChI=1S/C59H36N4S.C3H8.C2H4/c1-3-13-37(14-4-1)39-25-29-43(30-26-39)57-60-58(44-31-27-40(28-32-44)38-15-5-2-6-16-38)62-59(61-57)63-54-46-20-10-8-18-42(46)33-35-49(54)47-21-11-22-48(55(47)63)50-23-12-24-51-53-45-19-9-7-17-41(45)34-36-52(53)64-56(50)51;1-3-2;1-2/h1-36H;3H2,1-2H3;1-2H2. The number of benzene rings is 10. The highest BCUT2D eigenvalue weighted by Crippen LogP contribution is 2.46. The zero-order chi connectivity index (χ0) is 46.8. The van der Waals surface area contributed by atoms with Gasteiger partial charge in [0.1, 0.15) is 0 Å². The summed E-state index contributed by atoms with van der Waals surface area (Å²) in [6, 6.07) is 77.9. The predicted octanol–water partition coefficient (Wildman–Crippen LogP) is 18.2. The first-order valence-corrected chi connectivity index (χ1v) is 24.3. The van der Waals surface area contributed by atoms with Crippen molar-refractivity contribution >= 4 is 74.9 Å². The highest BCUT2D eigenvalue weighted by Gasteiger charge is 2.24. The van der Waals surface area contributed by atoms with Crippen molar-refractivity contribution in [3.05, 3.63) is 232 Å². The second kappa shape index (κ2) is 18.6. The number of rotatable bonds is 6. The Morgan fingerprint density at radius 1 is 0.377 bits per heavy atom. The fourth-order valence-electron chi connectivity index (χ4n) is 9.63. The summed E-state index contributed by atoms with van der Waals surface area (Å²) in [5.41, 5.74) is 10.9. The maximum atomic E-state index is 5.46. The van der Waals surface area contributed by atoms with E-state index in [0.717, 1.165) is 71.5 Å². The van der Waals surface area contributed by atoms with Crippen LogP contribution >= 0.6 is 11.3 Å². The van der Waals surface area contributed by atoms with E-state index in [1.807, 2.05) is 23.5 Å². The van der Waals surface area contributed by atoms with Gasteiger partial charge in [-0.1, -0.05) is 233 Å². The molecule has 0 amide bonds. The molecule has 0 N–H and O–H groups in total. The first-order valence-electron chi connectivity index (χ1n) is 23.5. The van der Waals surface area contributed by atoms with Gasteiger partial charge in [-0.25, -0.2) is 4.98 Å². The van der Waals surface area contributed by atoms with Crippen molar-refractivity contribution in [2.45, 2.75) is 20.3 Å². The summed E-state index contributed by atoms with van der Waals surface area (Å²) in [6.07, 6.45) is 1.25. The molecule has 0 aliphatic rings. The number of hydrogen-bond donors (Lipinski definition) is 0. The van der Waals surface area contributed by atoms with Gasteiger partial charge in [0.25, 0.3) is 0 Å². The van der Waals surface area contributed by atoms with Gasteiger partial charge in [-0.05, 0) is 44.5 Å². The lowest BCUT2D eigenvalue weighted by Gasteiger charge is -2.14. The molecule has 0 unspecified atom stereocenters. The van der Waals surface area contributed by atoms with Crippen LogP contribution in [0.5, 0.6) is 0 Å². The lowest BCUT2D eigenvalue weighted by Crippen LogP contribution is -2.07. The van der Waals surface area contributed by atoms with E-state index in [1.165, 1.54) is 42.9 Å². The summed E-state index contributed by atoms with van der Waals surface area (Å²) in [4.78, 5) is 16.2. The van der Waals surface area contributed by atoms with Crippen LogP contribution in [0.25, 0.3) is 126 Å². The molecule has 0 aliphatic heterocycles. The molecule has 13 rings (SSSR count). The van der Waals surface area contributed by atoms with Gasteiger partial charge in [-0.2, -0.15) is 9.97 Å². The van der Waals surface area contributed by atoms with Crippen molar-refractivity contribution in [1.82, 2.24) is 19.5 Å². The summed E-state index contributed by atoms with van der Waals surface area (Å²) in [5.74, 6) is 1.79. The Morgan fingerprint density at radius 3 is 1.43 bits per heavy atom. The van der Waals surface area contributed by atoms with E-state index in [4.69, 9.17) is 15.0 Å². The molecule has 5 heteroatoms. The minimum absolute atomic E-state index is 0.567. The number of thiophene rings is 1. The van der Waals surface area contributed by atoms with Crippen molar-refractivity contribution in [1.29, 1.82) is 0 Å². The van der Waals surface area contributed by atoms with Gasteiger partial charge in [-0.3, -0.25) is 4.57 Å². The van der Waals surface area contributed by atoms with Crippen molar-refractivity contribution < 1.29 is 0 Å². The summed E-state index contributed by atoms with van der Waals surface area (Å²) in [5, 5.41) is 9.68. The largest absolute Gasteiger partial charge is 0.277 e. The first kappa shape index (κ1) is 43.1. The third-order valence-electron chi connectivity index (χ3n) is 12.7. The van der Waals surface area contributed by atoms with Crippen LogP contribution in [0.4, 0.5) is 0 Å². The van der Waals surface area contributed by atoms with E-state index in [2.05, 4.69) is 238 Å². The van der Waals surface area contributed by atoms with E-state index in [0.29, 0.717) is 17.6 Å². The highest BCUT2D eigenvalue weighted by molar-refractivity contribution is 7.26. The number of fused-ring (bicyclic) bond motifs is 10. The zero-order valence-corrected chi connectivity index (χ0v) is 39.4. The SMILES string of the molecule is C=C.CCC.c1ccc(-c2ccc(-c3nc(-c4ccc(-c5ccccc5)cc4)nc(-n4c5c(-c6cccc7c6sc6ccc8ccccc8c67)cccc5c5ccc6ccccc6c54)n3)cc2)cc1. The molecule has 0 saturated heterocycles. The van der Waals surface area contributed by atoms with E-state index < -0.39 is 0 Å². The van der Waals surface area contributed by atoms with Crippen LogP contribution in [0.15, 0.2) is 232 Å². The number of para-hydroxylation sites is 1. The third kappa shape index (κ3) is 7.73. The van der Waals surface area contributed by atoms with Gasteiger partial charge in [-0.15, -0.1) is 24.5 Å². The van der Waals surface area contributed by atoms with Crippen LogP contribution in [0, 0.1) is 0 Å². The molecular weight excluding hydrogens is 857 g/mol. The fourth-order valence-corrected chi connectivity index (χ4v) is 10.9. The Balaban J connectivity index is 0.00000100. The zero-order valence-electron chi connectivity index (χ0n) is 38.6. The molecule has 0 radical (unpaired) electrons. The van der Waals surface area contributed by atoms with Gasteiger partial charge < -0.3 is 0 Å². The first-order chi connectivity index (χ1) is 34.1. The Morgan fingerprint density at radius 2 is 0.826 bits per heavy atom. The average molecular weight is 905 g/mol. The summed E-state index contributed by atoms with van der Waals surface area (Å²) < 4.78 is 4.86. The lowest BCUT2D eigenvalue weighted by atomic mass is 9.98. The topological polar surface area (TPSA) is 43.6 Å². The minimum Gasteiger partial charge on any atom is -0.277 e. The molecule has 0 spiro atoms. The van der Waals surface area contributed by atoms with Crippen LogP contribution in [-0.2, 0) is 0 Å². The smallest absolute Gasteiger partial charge is 0.238 e. The van der Waals surface area contributed by atoms with E-state index in [1.54, 1.807) is 0 Å². The quantitative estimate of drug-likeness (QED) is 0.156. The Kier molecular flexibility index (Phi) is 11.6. The molecular formula is C64H48N4S. The minimum atomic E-state index is 0.567. The maximum absolute atomic E-state index is 5.46. The van der Waals surface area contributed by atoms with Gasteiger partial charge in [0.15, 0.2) is 11.6 Å².